The van der Waals surface area contributed by atoms with Gasteiger partial charge in [-0.2, -0.15) is 0 Å². The van der Waals surface area contributed by atoms with Gasteiger partial charge in [0.1, 0.15) is 0 Å². The molecule has 6 nitrogen and oxygen atoms in total. The van der Waals surface area contributed by atoms with Gasteiger partial charge in [-0.15, -0.1) is 0 Å². The highest BCUT2D eigenvalue weighted by atomic mass is 32.2. The van der Waals surface area contributed by atoms with Crippen molar-refractivity contribution in [3.05, 3.63) is 46.8 Å². The van der Waals surface area contributed by atoms with Crippen LogP contribution in [0.2, 0.25) is 0 Å². The molecule has 0 bridgehead atoms. The molecule has 1 aromatic carbocycles. The van der Waals surface area contributed by atoms with Gasteiger partial charge in [0.05, 0.1) is 5.75 Å². The molecule has 0 saturated heterocycles. The standard InChI is InChI=1S/C19H23N3O3S/c1-11-6-7-16(12(2)8-11)22-18(24)15(5)25-17(23)10-26-19-20-13(3)9-14(4)21-19/h6-9,15H,10H2,1-5H3,(H,22,24)/t15-/m1/s1. The van der Waals surface area contributed by atoms with Gasteiger partial charge < -0.3 is 10.1 Å². The summed E-state index contributed by atoms with van der Waals surface area (Å²) in [5.41, 5.74) is 4.47. The van der Waals surface area contributed by atoms with Crippen LogP contribution in [0.25, 0.3) is 0 Å². The van der Waals surface area contributed by atoms with E-state index < -0.39 is 12.1 Å². The van der Waals surface area contributed by atoms with Crippen molar-refractivity contribution in [3.63, 3.8) is 0 Å². The van der Waals surface area contributed by atoms with Gasteiger partial charge in [-0.3, -0.25) is 9.59 Å². The molecule has 0 aliphatic carbocycles. The molecule has 0 saturated carbocycles. The Morgan fingerprint density at radius 3 is 2.38 bits per heavy atom. The van der Waals surface area contributed by atoms with Crippen LogP contribution >= 0.6 is 11.8 Å². The molecule has 0 aliphatic heterocycles. The first-order valence-electron chi connectivity index (χ1n) is 8.27. The molecule has 7 heteroatoms. The molecule has 1 N–H and O–H groups in total. The van der Waals surface area contributed by atoms with Crippen LogP contribution in [0, 0.1) is 27.7 Å². The number of esters is 1. The fraction of sp³-hybridized carbons (Fsp3) is 0.368. The van der Waals surface area contributed by atoms with Crippen molar-refractivity contribution in [1.29, 1.82) is 0 Å². The first kappa shape index (κ1) is 19.9. The summed E-state index contributed by atoms with van der Waals surface area (Å²) in [6.45, 7) is 9.20. The van der Waals surface area contributed by atoms with Crippen LogP contribution in [-0.2, 0) is 14.3 Å². The zero-order valence-electron chi connectivity index (χ0n) is 15.6. The summed E-state index contributed by atoms with van der Waals surface area (Å²) in [5.74, 6) is -0.802. The highest BCUT2D eigenvalue weighted by Crippen LogP contribution is 2.17. The second-order valence-corrected chi connectivity index (χ2v) is 7.10. The average molecular weight is 373 g/mol. The van der Waals surface area contributed by atoms with Gasteiger partial charge in [0.25, 0.3) is 5.91 Å². The SMILES string of the molecule is Cc1ccc(NC(=O)[C@@H](C)OC(=O)CSc2nc(C)cc(C)n2)c(C)c1. The molecular weight excluding hydrogens is 350 g/mol. The molecule has 2 aromatic rings. The number of amides is 1. The molecule has 1 atom stereocenters. The van der Waals surface area contributed by atoms with Gasteiger partial charge in [-0.1, -0.05) is 29.5 Å². The van der Waals surface area contributed by atoms with Crippen molar-refractivity contribution >= 4 is 29.3 Å². The van der Waals surface area contributed by atoms with Gasteiger partial charge in [-0.25, -0.2) is 9.97 Å². The second kappa shape index (κ2) is 8.80. The highest BCUT2D eigenvalue weighted by Gasteiger charge is 2.19. The molecule has 26 heavy (non-hydrogen) atoms. The van der Waals surface area contributed by atoms with Crippen LogP contribution in [0.3, 0.4) is 0 Å². The van der Waals surface area contributed by atoms with Gasteiger partial charge in [0.15, 0.2) is 11.3 Å². The minimum absolute atomic E-state index is 0.0457. The number of rotatable bonds is 6. The lowest BCUT2D eigenvalue weighted by atomic mass is 10.1. The Bertz CT molecular complexity index is 803. The van der Waals surface area contributed by atoms with E-state index in [4.69, 9.17) is 4.74 Å². The van der Waals surface area contributed by atoms with Crippen LogP contribution in [0.5, 0.6) is 0 Å². The number of carbonyl (C=O) groups excluding carboxylic acids is 2. The number of anilines is 1. The maximum atomic E-state index is 12.2. The number of thioether (sulfide) groups is 1. The second-order valence-electron chi connectivity index (χ2n) is 6.16. The topological polar surface area (TPSA) is 81.2 Å². The molecule has 0 aliphatic rings. The third-order valence-electron chi connectivity index (χ3n) is 3.60. The molecular formula is C19H23N3O3S. The molecule has 0 spiro atoms. The molecule has 0 radical (unpaired) electrons. The van der Waals surface area contributed by atoms with Crippen LogP contribution in [0.15, 0.2) is 29.4 Å². The minimum Gasteiger partial charge on any atom is -0.452 e. The lowest BCUT2D eigenvalue weighted by molar-refractivity contribution is -0.150. The molecule has 1 amide bonds. The maximum absolute atomic E-state index is 12.2. The number of hydrogen-bond donors (Lipinski definition) is 1. The van der Waals surface area contributed by atoms with E-state index in [2.05, 4.69) is 15.3 Å². The summed E-state index contributed by atoms with van der Waals surface area (Å²) >= 11 is 1.19. The molecule has 1 aromatic heterocycles. The van der Waals surface area contributed by atoms with E-state index in [1.807, 2.05) is 52.0 Å². The summed E-state index contributed by atoms with van der Waals surface area (Å²) in [6, 6.07) is 7.60. The Hall–Kier alpha value is -2.41. The summed E-state index contributed by atoms with van der Waals surface area (Å²) in [5, 5.41) is 3.30. The molecule has 2 rings (SSSR count). The zero-order chi connectivity index (χ0) is 19.3. The zero-order valence-corrected chi connectivity index (χ0v) is 16.4. The quantitative estimate of drug-likeness (QED) is 0.475. The van der Waals surface area contributed by atoms with Gasteiger partial charge in [0, 0.05) is 17.1 Å². The van der Waals surface area contributed by atoms with E-state index in [9.17, 15) is 9.59 Å². The molecule has 138 valence electrons. The van der Waals surface area contributed by atoms with E-state index in [-0.39, 0.29) is 11.7 Å². The number of hydrogen-bond acceptors (Lipinski definition) is 6. The molecule has 0 fully saturated rings. The van der Waals surface area contributed by atoms with Crippen LogP contribution in [0.1, 0.15) is 29.4 Å². The fourth-order valence-corrected chi connectivity index (χ4v) is 3.09. The van der Waals surface area contributed by atoms with Crippen LogP contribution in [0.4, 0.5) is 5.69 Å². The van der Waals surface area contributed by atoms with E-state index in [1.54, 1.807) is 6.92 Å². The molecule has 0 unspecified atom stereocenters. The van der Waals surface area contributed by atoms with Crippen LogP contribution < -0.4 is 5.32 Å². The van der Waals surface area contributed by atoms with Crippen molar-refractivity contribution in [3.8, 4) is 0 Å². The maximum Gasteiger partial charge on any atom is 0.317 e. The van der Waals surface area contributed by atoms with E-state index in [0.717, 1.165) is 22.5 Å². The highest BCUT2D eigenvalue weighted by molar-refractivity contribution is 7.99. The lowest BCUT2D eigenvalue weighted by Gasteiger charge is -2.15. The summed E-state index contributed by atoms with van der Waals surface area (Å²) < 4.78 is 5.20. The monoisotopic (exact) mass is 373 g/mol. The Morgan fingerprint density at radius 1 is 1.12 bits per heavy atom. The van der Waals surface area contributed by atoms with E-state index in [0.29, 0.717) is 10.8 Å². The van der Waals surface area contributed by atoms with E-state index in [1.165, 1.54) is 11.8 Å². The van der Waals surface area contributed by atoms with Crippen molar-refractivity contribution in [1.82, 2.24) is 9.97 Å². The first-order chi connectivity index (χ1) is 12.2. The molecule has 1 heterocycles. The van der Waals surface area contributed by atoms with Crippen LogP contribution in [-0.4, -0.2) is 33.7 Å². The number of nitrogens with one attached hydrogen (secondary N) is 1. The number of benzene rings is 1. The predicted molar refractivity (Wildman–Crippen MR) is 102 cm³/mol. The Balaban J connectivity index is 1.86. The summed E-state index contributed by atoms with van der Waals surface area (Å²) in [6.07, 6.45) is -0.885. The Labute approximate surface area is 157 Å². The van der Waals surface area contributed by atoms with E-state index >= 15 is 0 Å². The Kier molecular flexibility index (Phi) is 6.74. The Morgan fingerprint density at radius 2 is 1.77 bits per heavy atom. The fourth-order valence-electron chi connectivity index (χ4n) is 2.35. The first-order valence-corrected chi connectivity index (χ1v) is 9.26. The van der Waals surface area contributed by atoms with Gasteiger partial charge in [0.2, 0.25) is 0 Å². The van der Waals surface area contributed by atoms with Crippen molar-refractivity contribution < 1.29 is 14.3 Å². The summed E-state index contributed by atoms with van der Waals surface area (Å²) in [7, 11) is 0. The number of aromatic nitrogens is 2. The van der Waals surface area contributed by atoms with Crippen molar-refractivity contribution in [2.75, 3.05) is 11.1 Å². The van der Waals surface area contributed by atoms with Gasteiger partial charge in [-0.05, 0) is 52.3 Å². The largest absolute Gasteiger partial charge is 0.452 e. The smallest absolute Gasteiger partial charge is 0.317 e. The number of ether oxygens (including phenoxy) is 1. The van der Waals surface area contributed by atoms with Crippen molar-refractivity contribution in [2.45, 2.75) is 45.9 Å². The third-order valence-corrected chi connectivity index (χ3v) is 4.42. The normalized spacial score (nSPS) is 11.7. The summed E-state index contributed by atoms with van der Waals surface area (Å²) in [4.78, 5) is 32.7. The number of aryl methyl sites for hydroxylation is 4. The lowest BCUT2D eigenvalue weighted by Crippen LogP contribution is -2.30. The minimum atomic E-state index is -0.885. The average Bonchev–Trinajstić information content (AvgIpc) is 2.54. The number of carbonyl (C=O) groups is 2. The third kappa shape index (κ3) is 5.84. The van der Waals surface area contributed by atoms with Crippen molar-refractivity contribution in [2.24, 2.45) is 0 Å². The number of nitrogens with zero attached hydrogens (tertiary/aromatic N) is 2. The van der Waals surface area contributed by atoms with Gasteiger partial charge >= 0.3 is 5.97 Å². The predicted octanol–water partition coefficient (Wildman–Crippen LogP) is 3.37.